The van der Waals surface area contributed by atoms with Crippen LogP contribution in [0.3, 0.4) is 0 Å². The molecule has 478 valence electrons. The van der Waals surface area contributed by atoms with Gasteiger partial charge < -0.3 is 119 Å². The van der Waals surface area contributed by atoms with Gasteiger partial charge in [-0.2, -0.15) is 0 Å². The zero-order valence-corrected chi connectivity index (χ0v) is 48.7. The SMILES string of the molecule is CC(C)=CCC[C@](C)(O[C@@H]1O[C@H](CO[C@@H]2O[C@H](CO)[C@@H](O)[C@H](O)[C@H]2O)[C@@H](O)[C@H](O)[C@H]1O)[C@H]1CC[C@]2(C)[C@H]1[C@H](O)C[C@@H]1[C@@]3(C)CC[C@H](O[C@@H]4O[C@H](CO)[C@@H](O)[C@H](O)[C@H]4O[C@@H]4O[C@H](COC(=O)CC(=O)O)[C@@H](O)[C@H](O)[C@H]4O)C(C)(C)[C@@H]3CC[C@]12C. The fraction of sp³-hybridized carbons (Fsp3) is 0.930. The molecule has 26 nitrogen and oxygen atoms in total. The molecular formula is C57H94O26. The number of carboxylic acid groups (broad SMARTS) is 1. The third kappa shape index (κ3) is 12.5. The Bertz CT molecular complexity index is 2240. The van der Waals surface area contributed by atoms with Crippen molar-refractivity contribution in [3.8, 4) is 0 Å². The smallest absolute Gasteiger partial charge is 0.317 e. The van der Waals surface area contributed by atoms with Crippen LogP contribution < -0.4 is 0 Å². The summed E-state index contributed by atoms with van der Waals surface area (Å²) >= 11 is 0. The molecule has 4 saturated carbocycles. The lowest BCUT2D eigenvalue weighted by Crippen LogP contribution is -2.68. The minimum absolute atomic E-state index is 0.00720. The van der Waals surface area contributed by atoms with Gasteiger partial charge in [-0.25, -0.2) is 0 Å². The first kappa shape index (κ1) is 66.7. The maximum atomic E-state index is 12.9. The van der Waals surface area contributed by atoms with Crippen molar-refractivity contribution >= 4 is 11.9 Å². The van der Waals surface area contributed by atoms with Crippen molar-refractivity contribution in [2.24, 2.45) is 45.3 Å². The van der Waals surface area contributed by atoms with Gasteiger partial charge in [0, 0.05) is 0 Å². The Balaban J connectivity index is 0.997. The van der Waals surface area contributed by atoms with Gasteiger partial charge in [-0.3, -0.25) is 9.59 Å². The molecule has 8 fully saturated rings. The van der Waals surface area contributed by atoms with Crippen molar-refractivity contribution in [3.05, 3.63) is 11.6 Å². The fourth-order valence-corrected chi connectivity index (χ4v) is 16.6. The van der Waals surface area contributed by atoms with E-state index in [0.29, 0.717) is 38.5 Å². The quantitative estimate of drug-likeness (QED) is 0.0283. The zero-order valence-electron chi connectivity index (χ0n) is 48.7. The number of allylic oxidation sites excluding steroid dienone is 2. The van der Waals surface area contributed by atoms with E-state index >= 15 is 0 Å². The molecule has 15 N–H and O–H groups in total. The van der Waals surface area contributed by atoms with E-state index in [2.05, 4.69) is 40.7 Å². The Labute approximate surface area is 483 Å². The molecule has 8 aliphatic rings. The maximum absolute atomic E-state index is 12.9. The number of hydrogen-bond donors (Lipinski definition) is 15. The highest BCUT2D eigenvalue weighted by Gasteiger charge is 2.72. The van der Waals surface area contributed by atoms with Crippen molar-refractivity contribution in [2.45, 2.75) is 260 Å². The van der Waals surface area contributed by atoms with Crippen LogP contribution in [0.25, 0.3) is 0 Å². The first-order valence-corrected chi connectivity index (χ1v) is 29.4. The van der Waals surface area contributed by atoms with E-state index in [4.69, 9.17) is 47.7 Å². The topological polar surface area (TPSA) is 421 Å². The first-order valence-electron chi connectivity index (χ1n) is 29.4. The molecule has 0 spiro atoms. The minimum Gasteiger partial charge on any atom is -0.481 e. The number of esters is 1. The van der Waals surface area contributed by atoms with Crippen molar-refractivity contribution < 1.29 is 129 Å². The van der Waals surface area contributed by atoms with Gasteiger partial charge in [-0.05, 0) is 124 Å². The van der Waals surface area contributed by atoms with E-state index in [-0.39, 0.29) is 34.5 Å². The van der Waals surface area contributed by atoms with Crippen LogP contribution in [0.5, 0.6) is 0 Å². The number of fused-ring (bicyclic) bond motifs is 5. The first-order chi connectivity index (χ1) is 38.8. The van der Waals surface area contributed by atoms with Crippen molar-refractivity contribution in [1.82, 2.24) is 0 Å². The second-order valence-electron chi connectivity index (χ2n) is 26.8. The summed E-state index contributed by atoms with van der Waals surface area (Å²) in [4.78, 5) is 23.1. The standard InChI is InChI=1S/C57H94O26/c1-24(2)10-9-14-57(8,83-51-47(74)43(70)40(67)30(80-51)23-76-49-45(72)41(68)37(64)27(20-58)77-49)25-11-16-56(7)36(25)26(60)18-32-54(5)15-13-33(53(3,4)31(54)12-17-55(32,56)6)81-52-48(44(71)38(65)28(21-59)78-52)82-50-46(73)42(69)39(66)29(79-50)22-75-35(63)19-34(61)62/h10,25-33,36-52,58-60,64-74H,9,11-23H2,1-8H3,(H,61,62)/t25-,26+,27+,28+,29+,30+,31-,32+,33-,36+,37+,38+,39+,40+,41-,42-,43-,44-,45+,46+,47+,48+,49+,50-,51-,52-,54-,55+,56+,57-/m0/s1. The Morgan fingerprint density at radius 3 is 1.72 bits per heavy atom. The Morgan fingerprint density at radius 1 is 0.590 bits per heavy atom. The molecule has 0 aromatic carbocycles. The number of aliphatic hydroxyl groups excluding tert-OH is 14. The van der Waals surface area contributed by atoms with Crippen molar-refractivity contribution in [3.63, 3.8) is 0 Å². The highest BCUT2D eigenvalue weighted by atomic mass is 16.8. The van der Waals surface area contributed by atoms with Crippen molar-refractivity contribution in [1.29, 1.82) is 0 Å². The molecule has 30 atom stereocenters. The van der Waals surface area contributed by atoms with Crippen LogP contribution in [0, 0.1) is 45.3 Å². The van der Waals surface area contributed by atoms with Gasteiger partial charge in [0.15, 0.2) is 25.2 Å². The zero-order chi connectivity index (χ0) is 61.2. The number of ether oxygens (including phenoxy) is 9. The van der Waals surface area contributed by atoms with E-state index in [1.165, 1.54) is 0 Å². The van der Waals surface area contributed by atoms with Crippen LogP contribution in [0.4, 0.5) is 0 Å². The number of aliphatic carboxylic acids is 1. The summed E-state index contributed by atoms with van der Waals surface area (Å²) in [5.41, 5.74) is -1.83. The van der Waals surface area contributed by atoms with Gasteiger partial charge in [0.25, 0.3) is 0 Å². The fourth-order valence-electron chi connectivity index (χ4n) is 16.6. The monoisotopic (exact) mass is 1190 g/mol. The van der Waals surface area contributed by atoms with Crippen LogP contribution in [-0.4, -0.2) is 256 Å². The average Bonchev–Trinajstić information content (AvgIpc) is 1.74. The number of carboxylic acids is 1. The molecule has 4 aliphatic carbocycles. The summed E-state index contributed by atoms with van der Waals surface area (Å²) in [5.74, 6) is -3.27. The molecule has 8 rings (SSSR count). The number of carbonyl (C=O) groups is 2. The summed E-state index contributed by atoms with van der Waals surface area (Å²) in [5, 5.41) is 162. The summed E-state index contributed by atoms with van der Waals surface area (Å²) < 4.78 is 54.1. The number of carbonyl (C=O) groups excluding carboxylic acids is 1. The molecule has 4 heterocycles. The summed E-state index contributed by atoms with van der Waals surface area (Å²) in [6.45, 7) is 14.3. The maximum Gasteiger partial charge on any atom is 0.317 e. The van der Waals surface area contributed by atoms with Gasteiger partial charge in [-0.1, -0.05) is 46.3 Å². The second kappa shape index (κ2) is 25.7. The van der Waals surface area contributed by atoms with Gasteiger partial charge in [-0.15, -0.1) is 0 Å². The summed E-state index contributed by atoms with van der Waals surface area (Å²) in [6.07, 6.45) is -28.1. The number of aliphatic hydroxyl groups is 14. The predicted molar refractivity (Wildman–Crippen MR) is 282 cm³/mol. The third-order valence-corrected chi connectivity index (χ3v) is 21.4. The van der Waals surface area contributed by atoms with Gasteiger partial charge >= 0.3 is 11.9 Å². The molecule has 0 unspecified atom stereocenters. The third-order valence-electron chi connectivity index (χ3n) is 21.4. The number of rotatable bonds is 19. The lowest BCUT2D eigenvalue weighted by Gasteiger charge is -2.71. The molecule has 4 aliphatic heterocycles. The van der Waals surface area contributed by atoms with Gasteiger partial charge in [0.1, 0.15) is 111 Å². The Morgan fingerprint density at radius 2 is 1.12 bits per heavy atom. The van der Waals surface area contributed by atoms with Crippen LogP contribution in [0.15, 0.2) is 11.6 Å². The van der Waals surface area contributed by atoms with Crippen LogP contribution in [0.1, 0.15) is 120 Å². The lowest BCUT2D eigenvalue weighted by molar-refractivity contribution is -0.378. The van der Waals surface area contributed by atoms with Crippen LogP contribution >= 0.6 is 0 Å². The van der Waals surface area contributed by atoms with Crippen LogP contribution in [0.2, 0.25) is 0 Å². The molecule has 4 saturated heterocycles. The molecule has 0 bridgehead atoms. The molecule has 83 heavy (non-hydrogen) atoms. The van der Waals surface area contributed by atoms with E-state index in [9.17, 15) is 81.1 Å². The highest BCUT2D eigenvalue weighted by Crippen LogP contribution is 2.76. The molecule has 26 heteroatoms. The minimum atomic E-state index is -1.95. The normalized spacial score (nSPS) is 49.6. The summed E-state index contributed by atoms with van der Waals surface area (Å²) in [6, 6.07) is 0. The van der Waals surface area contributed by atoms with Gasteiger partial charge in [0.05, 0.1) is 37.6 Å². The Kier molecular flexibility index (Phi) is 20.7. The highest BCUT2D eigenvalue weighted by molar-refractivity contribution is 5.90. The predicted octanol–water partition coefficient (Wildman–Crippen LogP) is -2.18. The average molecular weight is 1200 g/mol. The molecule has 0 aromatic rings. The van der Waals surface area contributed by atoms with Crippen LogP contribution in [-0.2, 0) is 52.2 Å². The van der Waals surface area contributed by atoms with E-state index in [1.807, 2.05) is 20.8 Å². The van der Waals surface area contributed by atoms with E-state index < -0.39 is 196 Å². The molecule has 0 amide bonds. The van der Waals surface area contributed by atoms with Gasteiger partial charge in [0.2, 0.25) is 0 Å². The Hall–Kier alpha value is -2.20. The number of hydrogen-bond acceptors (Lipinski definition) is 25. The second-order valence-corrected chi connectivity index (χ2v) is 26.8. The molecular weight excluding hydrogens is 1100 g/mol. The van der Waals surface area contributed by atoms with E-state index in [0.717, 1.165) is 24.8 Å². The largest absolute Gasteiger partial charge is 0.481 e. The van der Waals surface area contributed by atoms with Crippen molar-refractivity contribution in [2.75, 3.05) is 26.4 Å². The lowest BCUT2D eigenvalue weighted by atomic mass is 9.35. The summed E-state index contributed by atoms with van der Waals surface area (Å²) in [7, 11) is 0. The molecule has 0 aromatic heterocycles. The van der Waals surface area contributed by atoms with E-state index in [1.54, 1.807) is 0 Å². The molecule has 0 radical (unpaired) electrons.